The average molecular weight is 388 g/mol. The van der Waals surface area contributed by atoms with Gasteiger partial charge in [0.1, 0.15) is 5.82 Å². The molecule has 1 aliphatic heterocycles. The maximum atomic E-state index is 13.6. The molecule has 1 atom stereocenters. The Labute approximate surface area is 159 Å². The molecule has 2 aromatic rings. The standard InChI is InChI=1S/C19H17FN2O4S/c1-11(18(24)22-14-5-3-2-4-13(14)20)26-19(25)12-6-7-16-15(10-12)21-17(23)8-9-27-16/h2-7,10-11H,8-9H2,1H3,(H,21,23)(H,22,24)/t11-/m1/s1. The highest BCUT2D eigenvalue weighted by Gasteiger charge is 2.21. The molecule has 0 unspecified atom stereocenters. The normalized spacial score (nSPS) is 14.4. The van der Waals surface area contributed by atoms with Crippen molar-refractivity contribution in [2.75, 3.05) is 16.4 Å². The van der Waals surface area contributed by atoms with Crippen molar-refractivity contribution in [1.29, 1.82) is 0 Å². The molecule has 0 spiro atoms. The summed E-state index contributed by atoms with van der Waals surface area (Å²) in [5.41, 5.74) is 0.762. The molecule has 0 saturated heterocycles. The van der Waals surface area contributed by atoms with Crippen molar-refractivity contribution in [2.24, 2.45) is 0 Å². The number of benzene rings is 2. The number of anilines is 2. The van der Waals surface area contributed by atoms with Crippen LogP contribution in [0.1, 0.15) is 23.7 Å². The van der Waals surface area contributed by atoms with Crippen LogP contribution >= 0.6 is 11.8 Å². The third kappa shape index (κ3) is 4.65. The van der Waals surface area contributed by atoms with Crippen LogP contribution in [0.3, 0.4) is 0 Å². The quantitative estimate of drug-likeness (QED) is 0.784. The second kappa shape index (κ2) is 8.22. The van der Waals surface area contributed by atoms with E-state index in [1.807, 2.05) is 0 Å². The zero-order valence-corrected chi connectivity index (χ0v) is 15.3. The van der Waals surface area contributed by atoms with Gasteiger partial charge in [-0.05, 0) is 37.3 Å². The number of nitrogens with one attached hydrogen (secondary N) is 2. The van der Waals surface area contributed by atoms with E-state index in [0.29, 0.717) is 17.9 Å². The van der Waals surface area contributed by atoms with Crippen LogP contribution in [0, 0.1) is 5.82 Å². The predicted molar refractivity (Wildman–Crippen MR) is 100 cm³/mol. The summed E-state index contributed by atoms with van der Waals surface area (Å²) in [6.45, 7) is 1.40. The van der Waals surface area contributed by atoms with Crippen LogP contribution in [0.2, 0.25) is 0 Å². The van der Waals surface area contributed by atoms with Crippen LogP contribution in [-0.4, -0.2) is 29.6 Å². The van der Waals surface area contributed by atoms with E-state index in [0.717, 1.165) is 4.90 Å². The second-order valence-electron chi connectivity index (χ2n) is 5.87. The van der Waals surface area contributed by atoms with Crippen molar-refractivity contribution < 1.29 is 23.5 Å². The maximum absolute atomic E-state index is 13.6. The summed E-state index contributed by atoms with van der Waals surface area (Å²) in [5.74, 6) is -1.40. The van der Waals surface area contributed by atoms with Gasteiger partial charge in [-0.25, -0.2) is 9.18 Å². The lowest BCUT2D eigenvalue weighted by Crippen LogP contribution is -2.30. The Kier molecular flexibility index (Phi) is 5.75. The number of rotatable bonds is 4. The van der Waals surface area contributed by atoms with Gasteiger partial charge in [-0.1, -0.05) is 12.1 Å². The number of hydrogen-bond donors (Lipinski definition) is 2. The monoisotopic (exact) mass is 388 g/mol. The van der Waals surface area contributed by atoms with E-state index in [9.17, 15) is 18.8 Å². The first-order valence-electron chi connectivity index (χ1n) is 8.27. The van der Waals surface area contributed by atoms with Crippen molar-refractivity contribution >= 4 is 40.9 Å². The van der Waals surface area contributed by atoms with E-state index in [2.05, 4.69) is 10.6 Å². The number of carbonyl (C=O) groups is 3. The smallest absolute Gasteiger partial charge is 0.338 e. The summed E-state index contributed by atoms with van der Waals surface area (Å²) in [5, 5.41) is 5.12. The van der Waals surface area contributed by atoms with Gasteiger partial charge in [-0.15, -0.1) is 11.8 Å². The predicted octanol–water partition coefficient (Wildman–Crippen LogP) is 3.44. The summed E-state index contributed by atoms with van der Waals surface area (Å²) in [7, 11) is 0. The molecule has 8 heteroatoms. The van der Waals surface area contributed by atoms with Gasteiger partial charge in [0.2, 0.25) is 5.91 Å². The van der Waals surface area contributed by atoms with Crippen LogP contribution < -0.4 is 10.6 Å². The minimum absolute atomic E-state index is 0.00941. The van der Waals surface area contributed by atoms with Crippen molar-refractivity contribution in [1.82, 2.24) is 0 Å². The Morgan fingerprint density at radius 3 is 2.81 bits per heavy atom. The Bertz CT molecular complexity index is 903. The molecule has 3 rings (SSSR count). The SMILES string of the molecule is C[C@@H](OC(=O)c1ccc2c(c1)NC(=O)CCS2)C(=O)Nc1ccccc1F. The molecule has 0 bridgehead atoms. The average Bonchev–Trinajstić information content (AvgIpc) is 2.83. The van der Waals surface area contributed by atoms with E-state index in [-0.39, 0.29) is 17.2 Å². The minimum Gasteiger partial charge on any atom is -0.449 e. The summed E-state index contributed by atoms with van der Waals surface area (Å²) in [6, 6.07) is 10.5. The van der Waals surface area contributed by atoms with Crippen LogP contribution in [0.15, 0.2) is 47.4 Å². The molecule has 27 heavy (non-hydrogen) atoms. The number of fused-ring (bicyclic) bond motifs is 1. The Morgan fingerprint density at radius 1 is 1.26 bits per heavy atom. The van der Waals surface area contributed by atoms with Crippen molar-refractivity contribution in [3.8, 4) is 0 Å². The fourth-order valence-electron chi connectivity index (χ4n) is 2.43. The van der Waals surface area contributed by atoms with Gasteiger partial charge < -0.3 is 15.4 Å². The summed E-state index contributed by atoms with van der Waals surface area (Å²) < 4.78 is 18.8. The zero-order chi connectivity index (χ0) is 19.4. The molecule has 0 aliphatic carbocycles. The molecular weight excluding hydrogens is 371 g/mol. The number of para-hydroxylation sites is 1. The van der Waals surface area contributed by atoms with E-state index in [4.69, 9.17) is 4.74 Å². The lowest BCUT2D eigenvalue weighted by atomic mass is 10.2. The number of halogens is 1. The topological polar surface area (TPSA) is 84.5 Å². The highest BCUT2D eigenvalue weighted by atomic mass is 32.2. The molecule has 2 N–H and O–H groups in total. The summed E-state index contributed by atoms with van der Waals surface area (Å²) in [4.78, 5) is 37.0. The fourth-order valence-corrected chi connectivity index (χ4v) is 3.36. The molecule has 6 nitrogen and oxygen atoms in total. The van der Waals surface area contributed by atoms with Crippen LogP contribution in [0.5, 0.6) is 0 Å². The number of amides is 2. The first-order chi connectivity index (χ1) is 12.9. The molecule has 0 aromatic heterocycles. The van der Waals surface area contributed by atoms with Crippen molar-refractivity contribution in [3.63, 3.8) is 0 Å². The van der Waals surface area contributed by atoms with E-state index in [1.165, 1.54) is 43.0 Å². The van der Waals surface area contributed by atoms with Gasteiger partial charge in [-0.2, -0.15) is 0 Å². The Balaban J connectivity index is 1.67. The van der Waals surface area contributed by atoms with E-state index < -0.39 is 23.8 Å². The van der Waals surface area contributed by atoms with Crippen LogP contribution in [0.25, 0.3) is 0 Å². The molecule has 0 fully saturated rings. The Morgan fingerprint density at radius 2 is 2.04 bits per heavy atom. The number of thioether (sulfide) groups is 1. The fraction of sp³-hybridized carbons (Fsp3) is 0.211. The lowest BCUT2D eigenvalue weighted by Gasteiger charge is -2.15. The summed E-state index contributed by atoms with van der Waals surface area (Å²) >= 11 is 1.52. The maximum Gasteiger partial charge on any atom is 0.338 e. The first-order valence-corrected chi connectivity index (χ1v) is 9.25. The number of esters is 1. The number of ether oxygens (including phenoxy) is 1. The van der Waals surface area contributed by atoms with Crippen molar-refractivity contribution in [3.05, 3.63) is 53.8 Å². The molecule has 2 aromatic carbocycles. The van der Waals surface area contributed by atoms with Gasteiger partial charge >= 0.3 is 5.97 Å². The first kappa shape index (κ1) is 18.9. The Hall–Kier alpha value is -2.87. The second-order valence-corrected chi connectivity index (χ2v) is 7.01. The van der Waals surface area contributed by atoms with Gasteiger partial charge in [0, 0.05) is 17.1 Å². The molecule has 1 aliphatic rings. The van der Waals surface area contributed by atoms with Gasteiger partial charge in [0.25, 0.3) is 5.91 Å². The zero-order valence-electron chi connectivity index (χ0n) is 14.5. The highest BCUT2D eigenvalue weighted by molar-refractivity contribution is 7.99. The molecule has 1 heterocycles. The largest absolute Gasteiger partial charge is 0.449 e. The molecular formula is C19H17FN2O4S. The molecule has 0 saturated carbocycles. The van der Waals surface area contributed by atoms with Gasteiger partial charge in [0.05, 0.1) is 16.9 Å². The van der Waals surface area contributed by atoms with Gasteiger partial charge in [0.15, 0.2) is 6.10 Å². The number of hydrogen-bond acceptors (Lipinski definition) is 5. The van der Waals surface area contributed by atoms with Crippen LogP contribution in [-0.2, 0) is 14.3 Å². The minimum atomic E-state index is -1.13. The number of carbonyl (C=O) groups excluding carboxylic acids is 3. The third-order valence-corrected chi connectivity index (χ3v) is 4.94. The van der Waals surface area contributed by atoms with E-state index >= 15 is 0 Å². The molecule has 140 valence electrons. The molecule has 2 amide bonds. The van der Waals surface area contributed by atoms with Gasteiger partial charge in [-0.3, -0.25) is 9.59 Å². The lowest BCUT2D eigenvalue weighted by molar-refractivity contribution is -0.123. The van der Waals surface area contributed by atoms with Crippen LogP contribution in [0.4, 0.5) is 15.8 Å². The van der Waals surface area contributed by atoms with E-state index in [1.54, 1.807) is 18.2 Å². The highest BCUT2D eigenvalue weighted by Crippen LogP contribution is 2.31. The molecule has 0 radical (unpaired) electrons. The van der Waals surface area contributed by atoms with Crippen molar-refractivity contribution in [2.45, 2.75) is 24.3 Å². The summed E-state index contributed by atoms with van der Waals surface area (Å²) in [6.07, 6.45) is -0.730. The third-order valence-electron chi connectivity index (χ3n) is 3.86.